The zero-order valence-corrected chi connectivity index (χ0v) is 11.1. The largest absolute Gasteiger partial charge is 0.207 e. The van der Waals surface area contributed by atoms with Crippen LogP contribution < -0.4 is 0 Å². The van der Waals surface area contributed by atoms with Crippen LogP contribution >= 0.6 is 15.9 Å². The first-order valence-corrected chi connectivity index (χ1v) is 6.36. The first kappa shape index (κ1) is 12.7. The molecule has 15 heavy (non-hydrogen) atoms. The van der Waals surface area contributed by atoms with Gasteiger partial charge in [-0.1, -0.05) is 48.3 Å². The van der Waals surface area contributed by atoms with Crippen LogP contribution in [0.3, 0.4) is 0 Å². The van der Waals surface area contributed by atoms with Crippen molar-refractivity contribution in [2.24, 2.45) is 5.92 Å². The van der Waals surface area contributed by atoms with Crippen molar-refractivity contribution in [2.75, 3.05) is 0 Å². The van der Waals surface area contributed by atoms with Crippen molar-refractivity contribution in [2.45, 2.75) is 38.4 Å². The Morgan fingerprint density at radius 3 is 2.60 bits per heavy atom. The lowest BCUT2D eigenvalue weighted by atomic mass is 9.98. The second-order valence-electron chi connectivity index (χ2n) is 4.23. The topological polar surface area (TPSA) is 0 Å². The van der Waals surface area contributed by atoms with E-state index in [0.29, 0.717) is 10.7 Å². The highest BCUT2D eigenvalue weighted by Gasteiger charge is 2.12. The Morgan fingerprint density at radius 1 is 1.40 bits per heavy atom. The molecule has 0 spiro atoms. The monoisotopic (exact) mass is 272 g/mol. The molecule has 0 fully saturated rings. The second kappa shape index (κ2) is 5.64. The van der Waals surface area contributed by atoms with Crippen molar-refractivity contribution >= 4 is 15.9 Å². The van der Waals surface area contributed by atoms with E-state index in [2.05, 4.69) is 29.8 Å². The van der Waals surface area contributed by atoms with E-state index in [9.17, 15) is 4.39 Å². The molecule has 84 valence electrons. The number of hydrogen-bond acceptors (Lipinski definition) is 0. The van der Waals surface area contributed by atoms with Crippen LogP contribution in [0.15, 0.2) is 18.2 Å². The summed E-state index contributed by atoms with van der Waals surface area (Å²) >= 11 is 3.66. The molecule has 0 saturated carbocycles. The molecule has 2 heteroatoms. The predicted molar refractivity (Wildman–Crippen MR) is 66.9 cm³/mol. The lowest BCUT2D eigenvalue weighted by Crippen LogP contribution is -1.99. The highest BCUT2D eigenvalue weighted by atomic mass is 79.9. The molecule has 1 aromatic rings. The van der Waals surface area contributed by atoms with Gasteiger partial charge in [-0.2, -0.15) is 0 Å². The Hall–Kier alpha value is -0.370. The maximum atomic E-state index is 13.1. The first-order valence-electron chi connectivity index (χ1n) is 5.44. The van der Waals surface area contributed by atoms with Crippen molar-refractivity contribution in [3.8, 4) is 0 Å². The molecular formula is C13H18BrF. The van der Waals surface area contributed by atoms with Gasteiger partial charge in [-0.05, 0) is 36.5 Å². The van der Waals surface area contributed by atoms with Gasteiger partial charge in [0.2, 0.25) is 0 Å². The van der Waals surface area contributed by atoms with E-state index in [4.69, 9.17) is 0 Å². The molecule has 0 nitrogen and oxygen atoms in total. The molecular weight excluding hydrogens is 255 g/mol. The van der Waals surface area contributed by atoms with Crippen LogP contribution in [0, 0.1) is 18.7 Å². The third-order valence-corrected chi connectivity index (χ3v) is 3.75. The van der Waals surface area contributed by atoms with Crippen LogP contribution in [-0.4, -0.2) is 0 Å². The van der Waals surface area contributed by atoms with Crippen LogP contribution in [0.1, 0.15) is 42.6 Å². The number of rotatable bonds is 4. The van der Waals surface area contributed by atoms with Crippen molar-refractivity contribution in [3.63, 3.8) is 0 Å². The van der Waals surface area contributed by atoms with Crippen molar-refractivity contribution in [1.82, 2.24) is 0 Å². The van der Waals surface area contributed by atoms with Crippen molar-refractivity contribution in [1.29, 1.82) is 0 Å². The normalized spacial score (nSPS) is 15.0. The number of aryl methyl sites for hydroxylation is 1. The molecule has 0 aliphatic heterocycles. The minimum atomic E-state index is -0.123. The average Bonchev–Trinajstić information content (AvgIpc) is 2.21. The Morgan fingerprint density at radius 2 is 2.07 bits per heavy atom. The Balaban J connectivity index is 2.73. The van der Waals surface area contributed by atoms with E-state index >= 15 is 0 Å². The fourth-order valence-electron chi connectivity index (χ4n) is 1.52. The number of benzene rings is 1. The van der Waals surface area contributed by atoms with E-state index in [0.717, 1.165) is 12.0 Å². The molecule has 2 unspecified atom stereocenters. The summed E-state index contributed by atoms with van der Waals surface area (Å²) in [6.07, 6.45) is 2.28. The lowest BCUT2D eigenvalue weighted by molar-refractivity contribution is 0.514. The van der Waals surface area contributed by atoms with E-state index in [1.54, 1.807) is 6.07 Å². The average molecular weight is 273 g/mol. The molecule has 0 N–H and O–H groups in total. The van der Waals surface area contributed by atoms with Gasteiger partial charge < -0.3 is 0 Å². The smallest absolute Gasteiger partial charge is 0.126 e. The Labute approximate surface area is 100 Å². The molecule has 0 radical (unpaired) electrons. The third kappa shape index (κ3) is 3.60. The summed E-state index contributed by atoms with van der Waals surface area (Å²) in [5, 5.41) is 0. The summed E-state index contributed by atoms with van der Waals surface area (Å²) < 4.78 is 13.1. The van der Waals surface area contributed by atoms with Gasteiger partial charge in [-0.15, -0.1) is 0 Å². The van der Waals surface area contributed by atoms with Gasteiger partial charge in [0.25, 0.3) is 0 Å². The summed E-state index contributed by atoms with van der Waals surface area (Å²) in [6.45, 7) is 6.24. The van der Waals surface area contributed by atoms with E-state index in [1.165, 1.54) is 12.0 Å². The minimum Gasteiger partial charge on any atom is -0.207 e. The summed E-state index contributed by atoms with van der Waals surface area (Å²) in [6, 6.07) is 5.34. The second-order valence-corrected chi connectivity index (χ2v) is 5.33. The Kier molecular flexibility index (Phi) is 4.78. The lowest BCUT2D eigenvalue weighted by Gasteiger charge is -2.15. The standard InChI is InChI=1S/C13H18BrF/c1-4-9(2)7-12(14)11-5-6-13(15)10(3)8-11/h5-6,8-9,12H,4,7H2,1-3H3. The summed E-state index contributed by atoms with van der Waals surface area (Å²) in [5.74, 6) is 0.571. The van der Waals surface area contributed by atoms with E-state index < -0.39 is 0 Å². The minimum absolute atomic E-state index is 0.123. The maximum Gasteiger partial charge on any atom is 0.126 e. The summed E-state index contributed by atoms with van der Waals surface area (Å²) in [7, 11) is 0. The SMILES string of the molecule is CCC(C)CC(Br)c1ccc(F)c(C)c1. The van der Waals surface area contributed by atoms with E-state index in [1.807, 2.05) is 19.1 Å². The van der Waals surface area contributed by atoms with Crippen molar-refractivity contribution in [3.05, 3.63) is 35.1 Å². The zero-order chi connectivity index (χ0) is 11.4. The molecule has 0 amide bonds. The molecule has 2 atom stereocenters. The van der Waals surface area contributed by atoms with Crippen LogP contribution in [-0.2, 0) is 0 Å². The predicted octanol–water partition coefficient (Wildman–Crippen LogP) is 5.01. The highest BCUT2D eigenvalue weighted by molar-refractivity contribution is 9.09. The van der Waals surface area contributed by atoms with Crippen LogP contribution in [0.25, 0.3) is 0 Å². The fourth-order valence-corrected chi connectivity index (χ4v) is 2.44. The summed E-state index contributed by atoms with van der Waals surface area (Å²) in [5.41, 5.74) is 1.90. The number of alkyl halides is 1. The molecule has 0 aliphatic carbocycles. The first-order chi connectivity index (χ1) is 7.04. The summed E-state index contributed by atoms with van der Waals surface area (Å²) in [4.78, 5) is 0.340. The van der Waals surface area contributed by atoms with Gasteiger partial charge in [-0.25, -0.2) is 4.39 Å². The molecule has 0 heterocycles. The van der Waals surface area contributed by atoms with Gasteiger partial charge in [0.15, 0.2) is 0 Å². The van der Waals surface area contributed by atoms with Crippen LogP contribution in [0.4, 0.5) is 4.39 Å². The van der Waals surface area contributed by atoms with Crippen LogP contribution in [0.2, 0.25) is 0 Å². The number of hydrogen-bond donors (Lipinski definition) is 0. The van der Waals surface area contributed by atoms with Gasteiger partial charge in [0.1, 0.15) is 5.82 Å². The molecule has 0 aliphatic rings. The molecule has 0 bridgehead atoms. The van der Waals surface area contributed by atoms with Gasteiger partial charge in [-0.3, -0.25) is 0 Å². The Bertz CT molecular complexity index is 322. The van der Waals surface area contributed by atoms with Gasteiger partial charge >= 0.3 is 0 Å². The van der Waals surface area contributed by atoms with Crippen molar-refractivity contribution < 1.29 is 4.39 Å². The van der Waals surface area contributed by atoms with Gasteiger partial charge in [0.05, 0.1) is 0 Å². The molecule has 0 saturated heterocycles. The molecule has 1 aromatic carbocycles. The maximum absolute atomic E-state index is 13.1. The highest BCUT2D eigenvalue weighted by Crippen LogP contribution is 2.31. The quantitative estimate of drug-likeness (QED) is 0.677. The van der Waals surface area contributed by atoms with Crippen LogP contribution in [0.5, 0.6) is 0 Å². The molecule has 0 aromatic heterocycles. The van der Waals surface area contributed by atoms with Gasteiger partial charge in [0, 0.05) is 4.83 Å². The van der Waals surface area contributed by atoms with E-state index in [-0.39, 0.29) is 5.82 Å². The number of halogens is 2. The third-order valence-electron chi connectivity index (χ3n) is 2.85. The molecule has 1 rings (SSSR count). The zero-order valence-electron chi connectivity index (χ0n) is 9.56. The fraction of sp³-hybridized carbons (Fsp3) is 0.538.